The van der Waals surface area contributed by atoms with E-state index in [1.165, 1.54) is 161 Å². The summed E-state index contributed by atoms with van der Waals surface area (Å²) in [4.78, 5) is 38.4. The zero-order valence-electron chi connectivity index (χ0n) is 51.4. The number of esters is 3. The number of ether oxygens (including phenoxy) is 3. The molecule has 0 radical (unpaired) electrons. The van der Waals surface area contributed by atoms with Crippen LogP contribution in [0.15, 0.2) is 97.2 Å². The van der Waals surface area contributed by atoms with Crippen LogP contribution in [-0.4, -0.2) is 37.2 Å². The molecule has 448 valence electrons. The predicted octanol–water partition coefficient (Wildman–Crippen LogP) is 22.8. The Morgan fingerprint density at radius 2 is 0.500 bits per heavy atom. The molecule has 0 aromatic carbocycles. The third kappa shape index (κ3) is 63.2. The lowest BCUT2D eigenvalue weighted by Gasteiger charge is -2.18. The minimum Gasteiger partial charge on any atom is -0.462 e. The van der Waals surface area contributed by atoms with E-state index in [0.717, 1.165) is 122 Å². The van der Waals surface area contributed by atoms with Crippen LogP contribution in [0.3, 0.4) is 0 Å². The van der Waals surface area contributed by atoms with Crippen molar-refractivity contribution in [3.8, 4) is 0 Å². The van der Waals surface area contributed by atoms with Crippen LogP contribution in [0.1, 0.15) is 323 Å². The molecule has 0 aliphatic carbocycles. The van der Waals surface area contributed by atoms with Gasteiger partial charge in [0.05, 0.1) is 0 Å². The first-order valence-corrected chi connectivity index (χ1v) is 33.2. The molecule has 0 rings (SSSR count). The molecule has 0 saturated carbocycles. The summed E-state index contributed by atoms with van der Waals surface area (Å²) in [5.74, 6) is -0.891. The summed E-state index contributed by atoms with van der Waals surface area (Å²) < 4.78 is 16.9. The van der Waals surface area contributed by atoms with Crippen molar-refractivity contribution in [2.24, 2.45) is 0 Å². The highest BCUT2D eigenvalue weighted by molar-refractivity contribution is 5.71. The van der Waals surface area contributed by atoms with Crippen LogP contribution in [0.25, 0.3) is 0 Å². The number of rotatable bonds is 60. The van der Waals surface area contributed by atoms with E-state index in [1.54, 1.807) is 0 Å². The maximum absolute atomic E-state index is 12.9. The zero-order valence-corrected chi connectivity index (χ0v) is 51.4. The second-order valence-corrected chi connectivity index (χ2v) is 22.0. The molecular weight excluding hydrogens is 961 g/mol. The fourth-order valence-electron chi connectivity index (χ4n) is 9.36. The molecule has 0 bridgehead atoms. The summed E-state index contributed by atoms with van der Waals surface area (Å²) in [5, 5.41) is 0. The maximum atomic E-state index is 12.9. The Bertz CT molecular complexity index is 1530. The Balaban J connectivity index is 4.35. The van der Waals surface area contributed by atoms with E-state index in [0.29, 0.717) is 19.3 Å². The Labute approximate surface area is 483 Å². The second-order valence-electron chi connectivity index (χ2n) is 22.0. The quantitative estimate of drug-likeness (QED) is 0.0261. The maximum Gasteiger partial charge on any atom is 0.306 e. The fourth-order valence-corrected chi connectivity index (χ4v) is 9.36. The summed E-state index contributed by atoms with van der Waals surface area (Å²) >= 11 is 0. The number of allylic oxidation sites excluding steroid dienone is 16. The first kappa shape index (κ1) is 74.3. The van der Waals surface area contributed by atoms with Crippen molar-refractivity contribution in [1.29, 1.82) is 0 Å². The molecule has 0 aromatic heterocycles. The molecular formula is C72H124O6. The van der Waals surface area contributed by atoms with Gasteiger partial charge >= 0.3 is 17.9 Å². The van der Waals surface area contributed by atoms with Gasteiger partial charge in [-0.2, -0.15) is 0 Å². The van der Waals surface area contributed by atoms with Gasteiger partial charge in [0.15, 0.2) is 6.10 Å². The van der Waals surface area contributed by atoms with Crippen LogP contribution >= 0.6 is 0 Å². The monoisotopic (exact) mass is 1080 g/mol. The van der Waals surface area contributed by atoms with Gasteiger partial charge in [-0.05, 0) is 103 Å². The molecule has 0 fully saturated rings. The number of hydrogen-bond acceptors (Lipinski definition) is 6. The predicted molar refractivity (Wildman–Crippen MR) is 339 cm³/mol. The van der Waals surface area contributed by atoms with Crippen molar-refractivity contribution in [2.75, 3.05) is 13.2 Å². The van der Waals surface area contributed by atoms with Gasteiger partial charge in [-0.15, -0.1) is 0 Å². The van der Waals surface area contributed by atoms with Crippen LogP contribution in [-0.2, 0) is 28.6 Å². The van der Waals surface area contributed by atoms with Gasteiger partial charge in [0.25, 0.3) is 0 Å². The minimum atomic E-state index is -0.787. The number of hydrogen-bond donors (Lipinski definition) is 0. The standard InChI is InChI=1S/C72H124O6/c1-4-7-10-13-16-19-22-25-28-30-32-33-34-35-36-37-38-39-40-42-44-47-50-53-56-59-62-65-71(74)77-68-69(67-76-70(73)64-61-58-55-52-49-46-43-27-24-21-18-15-12-9-6-3)78-72(75)66-63-60-57-54-51-48-45-41-31-29-26-23-20-17-14-11-8-5-2/h7,10,16,18-19,21,25,27-28,32-33,35-36,38-39,43,69H,4-6,8-9,11-15,17,20,22-24,26,29-31,34,37,40-42,44-68H2,1-3H3/b10-7-,19-16-,21-18-,28-25-,33-32-,36-35-,39-38-,43-27-. The van der Waals surface area contributed by atoms with Gasteiger partial charge in [0.1, 0.15) is 13.2 Å². The first-order valence-electron chi connectivity index (χ1n) is 33.2. The van der Waals surface area contributed by atoms with Crippen LogP contribution in [0.5, 0.6) is 0 Å². The molecule has 0 saturated heterocycles. The van der Waals surface area contributed by atoms with Crippen molar-refractivity contribution in [2.45, 2.75) is 329 Å². The zero-order chi connectivity index (χ0) is 56.4. The van der Waals surface area contributed by atoms with Gasteiger partial charge < -0.3 is 14.2 Å². The highest BCUT2D eigenvalue weighted by Crippen LogP contribution is 2.17. The van der Waals surface area contributed by atoms with Crippen LogP contribution < -0.4 is 0 Å². The lowest BCUT2D eigenvalue weighted by atomic mass is 10.0. The van der Waals surface area contributed by atoms with E-state index in [-0.39, 0.29) is 31.1 Å². The van der Waals surface area contributed by atoms with Crippen molar-refractivity contribution in [3.63, 3.8) is 0 Å². The third-order valence-electron chi connectivity index (χ3n) is 14.3. The van der Waals surface area contributed by atoms with E-state index in [1.807, 2.05) is 0 Å². The number of carbonyl (C=O) groups is 3. The summed E-state index contributed by atoms with van der Waals surface area (Å²) in [6.07, 6.45) is 88.4. The normalized spacial score (nSPS) is 12.7. The smallest absolute Gasteiger partial charge is 0.306 e. The Morgan fingerprint density at radius 1 is 0.269 bits per heavy atom. The summed E-state index contributed by atoms with van der Waals surface area (Å²) in [5.41, 5.74) is 0. The van der Waals surface area contributed by atoms with Gasteiger partial charge in [0.2, 0.25) is 0 Å². The number of carbonyl (C=O) groups excluding carboxylic acids is 3. The Morgan fingerprint density at radius 3 is 0.808 bits per heavy atom. The highest BCUT2D eigenvalue weighted by Gasteiger charge is 2.19. The molecule has 6 nitrogen and oxygen atoms in total. The summed E-state index contributed by atoms with van der Waals surface area (Å²) in [7, 11) is 0. The van der Waals surface area contributed by atoms with Crippen molar-refractivity contribution in [1.82, 2.24) is 0 Å². The molecule has 0 heterocycles. The van der Waals surface area contributed by atoms with Crippen molar-refractivity contribution >= 4 is 17.9 Å². The fraction of sp³-hybridized carbons (Fsp3) is 0.736. The van der Waals surface area contributed by atoms with Gasteiger partial charge in [-0.1, -0.05) is 298 Å². The van der Waals surface area contributed by atoms with E-state index in [9.17, 15) is 14.4 Å². The Kier molecular flexibility index (Phi) is 62.7. The van der Waals surface area contributed by atoms with E-state index >= 15 is 0 Å². The number of unbranched alkanes of at least 4 members (excludes halogenated alkanes) is 33. The Hall–Kier alpha value is -3.67. The summed E-state index contributed by atoms with van der Waals surface area (Å²) in [6, 6.07) is 0. The van der Waals surface area contributed by atoms with Crippen molar-refractivity contribution in [3.05, 3.63) is 97.2 Å². The molecule has 6 heteroatoms. The van der Waals surface area contributed by atoms with Crippen LogP contribution in [0.4, 0.5) is 0 Å². The first-order chi connectivity index (χ1) is 38.5. The molecule has 1 unspecified atom stereocenters. The molecule has 0 aromatic rings. The van der Waals surface area contributed by atoms with Crippen LogP contribution in [0, 0.1) is 0 Å². The van der Waals surface area contributed by atoms with Crippen LogP contribution in [0.2, 0.25) is 0 Å². The molecule has 0 aliphatic heterocycles. The molecule has 0 amide bonds. The van der Waals surface area contributed by atoms with E-state index in [2.05, 4.69) is 118 Å². The largest absolute Gasteiger partial charge is 0.462 e. The van der Waals surface area contributed by atoms with Gasteiger partial charge in [0, 0.05) is 19.3 Å². The second kappa shape index (κ2) is 65.8. The van der Waals surface area contributed by atoms with Gasteiger partial charge in [-0.25, -0.2) is 0 Å². The molecule has 0 N–H and O–H groups in total. The third-order valence-corrected chi connectivity index (χ3v) is 14.3. The molecule has 0 aliphatic rings. The highest BCUT2D eigenvalue weighted by atomic mass is 16.6. The van der Waals surface area contributed by atoms with E-state index in [4.69, 9.17) is 14.2 Å². The molecule has 1 atom stereocenters. The van der Waals surface area contributed by atoms with Gasteiger partial charge in [-0.3, -0.25) is 14.4 Å². The molecule has 0 spiro atoms. The molecule has 78 heavy (non-hydrogen) atoms. The lowest BCUT2D eigenvalue weighted by Crippen LogP contribution is -2.30. The lowest BCUT2D eigenvalue weighted by molar-refractivity contribution is -0.167. The summed E-state index contributed by atoms with van der Waals surface area (Å²) in [6.45, 7) is 6.52. The van der Waals surface area contributed by atoms with Crippen molar-refractivity contribution < 1.29 is 28.6 Å². The average molecular weight is 1090 g/mol. The minimum absolute atomic E-state index is 0.0841. The average Bonchev–Trinajstić information content (AvgIpc) is 3.44. The topological polar surface area (TPSA) is 78.9 Å². The van der Waals surface area contributed by atoms with E-state index < -0.39 is 6.10 Å². The SMILES string of the molecule is CC/C=C\C/C=C\C/C=C\C/C=C\C/C=C\C/C=C\CCCCCCCCCCC(=O)OCC(COC(=O)CCCCCCC/C=C\C/C=C\CCCCC)OC(=O)CCCCCCCCCCCCCCCCCCCC.